The van der Waals surface area contributed by atoms with Crippen LogP contribution >= 0.6 is 0 Å². The Bertz CT molecular complexity index is 870. The Balaban J connectivity index is 1.67. The summed E-state index contributed by atoms with van der Waals surface area (Å²) in [6.07, 6.45) is 4.53. The number of amides is 2. The second kappa shape index (κ2) is 7.64. The fraction of sp³-hybridized carbons (Fsp3) is 0.364. The van der Waals surface area contributed by atoms with Crippen molar-refractivity contribution in [3.05, 3.63) is 59.2 Å². The van der Waals surface area contributed by atoms with Gasteiger partial charge in [0, 0.05) is 6.54 Å². The monoisotopic (exact) mass is 380 g/mol. The summed E-state index contributed by atoms with van der Waals surface area (Å²) in [4.78, 5) is 27.0. The Morgan fingerprint density at radius 2 is 1.68 bits per heavy atom. The highest BCUT2D eigenvalue weighted by Gasteiger charge is 2.40. The minimum Gasteiger partial charge on any atom is -0.493 e. The maximum atomic E-state index is 12.9. The van der Waals surface area contributed by atoms with E-state index in [9.17, 15) is 9.59 Å². The molecule has 2 amide bonds. The van der Waals surface area contributed by atoms with Gasteiger partial charge in [0.05, 0.1) is 30.4 Å². The fourth-order valence-electron chi connectivity index (χ4n) is 4.06. The molecular formula is C22H24N2O4. The number of carbonyl (C=O) groups is 2. The van der Waals surface area contributed by atoms with Gasteiger partial charge in [-0.3, -0.25) is 14.5 Å². The summed E-state index contributed by atoms with van der Waals surface area (Å²) in [7, 11) is 1.60. The van der Waals surface area contributed by atoms with E-state index in [1.807, 2.05) is 12.1 Å². The van der Waals surface area contributed by atoms with Crippen LogP contribution in [0, 0.1) is 0 Å². The molecule has 28 heavy (non-hydrogen) atoms. The zero-order chi connectivity index (χ0) is 19.7. The van der Waals surface area contributed by atoms with E-state index in [0.717, 1.165) is 31.2 Å². The van der Waals surface area contributed by atoms with Crippen LogP contribution in [0.3, 0.4) is 0 Å². The number of benzene rings is 2. The summed E-state index contributed by atoms with van der Waals surface area (Å²) < 4.78 is 11.6. The third kappa shape index (κ3) is 3.14. The number of hydrogen-bond donors (Lipinski definition) is 1. The van der Waals surface area contributed by atoms with Gasteiger partial charge >= 0.3 is 0 Å². The van der Waals surface area contributed by atoms with Crippen molar-refractivity contribution in [3.63, 3.8) is 0 Å². The van der Waals surface area contributed by atoms with Crippen molar-refractivity contribution in [1.82, 2.24) is 4.90 Å². The van der Waals surface area contributed by atoms with E-state index in [1.165, 1.54) is 4.90 Å². The number of methoxy groups -OCH3 is 1. The van der Waals surface area contributed by atoms with E-state index in [0.29, 0.717) is 22.6 Å². The molecule has 0 radical (unpaired) electrons. The average molecular weight is 380 g/mol. The highest BCUT2D eigenvalue weighted by Crippen LogP contribution is 2.37. The topological polar surface area (TPSA) is 81.9 Å². The van der Waals surface area contributed by atoms with Crippen molar-refractivity contribution in [2.45, 2.75) is 37.8 Å². The molecule has 2 aliphatic rings. The number of fused-ring (bicyclic) bond motifs is 1. The first-order valence-corrected chi connectivity index (χ1v) is 9.65. The van der Waals surface area contributed by atoms with Crippen LogP contribution in [-0.4, -0.2) is 36.5 Å². The van der Waals surface area contributed by atoms with Gasteiger partial charge in [-0.15, -0.1) is 0 Å². The molecule has 1 aliphatic heterocycles. The Morgan fingerprint density at radius 3 is 2.25 bits per heavy atom. The highest BCUT2D eigenvalue weighted by atomic mass is 16.5. The normalized spacial score (nSPS) is 17.7. The molecule has 1 saturated carbocycles. The second-order valence-electron chi connectivity index (χ2n) is 7.21. The van der Waals surface area contributed by atoms with Crippen LogP contribution in [0.25, 0.3) is 0 Å². The Hall–Kier alpha value is -2.86. The molecule has 1 atom stereocenters. The highest BCUT2D eigenvalue weighted by molar-refractivity contribution is 6.21. The maximum Gasteiger partial charge on any atom is 0.262 e. The zero-order valence-electron chi connectivity index (χ0n) is 15.9. The largest absolute Gasteiger partial charge is 0.493 e. The van der Waals surface area contributed by atoms with Crippen LogP contribution < -0.4 is 15.2 Å². The zero-order valence-corrected chi connectivity index (χ0v) is 15.9. The van der Waals surface area contributed by atoms with Gasteiger partial charge in [0.1, 0.15) is 0 Å². The van der Waals surface area contributed by atoms with E-state index in [4.69, 9.17) is 15.2 Å². The first-order valence-electron chi connectivity index (χ1n) is 9.65. The number of imide groups is 1. The van der Waals surface area contributed by atoms with Gasteiger partial charge < -0.3 is 15.2 Å². The van der Waals surface area contributed by atoms with Crippen LogP contribution in [0.15, 0.2) is 42.5 Å². The lowest BCUT2D eigenvalue weighted by Gasteiger charge is -2.26. The summed E-state index contributed by atoms with van der Waals surface area (Å²) in [6, 6.07) is 11.8. The molecule has 2 aromatic carbocycles. The second-order valence-corrected chi connectivity index (χ2v) is 7.21. The van der Waals surface area contributed by atoms with Gasteiger partial charge in [-0.1, -0.05) is 18.2 Å². The lowest BCUT2D eigenvalue weighted by atomic mass is 10.0. The van der Waals surface area contributed by atoms with Crippen LogP contribution in [0.4, 0.5) is 0 Å². The molecule has 1 aliphatic carbocycles. The molecule has 6 heteroatoms. The van der Waals surface area contributed by atoms with Gasteiger partial charge in [-0.2, -0.15) is 0 Å². The van der Waals surface area contributed by atoms with Crippen molar-refractivity contribution < 1.29 is 19.1 Å². The van der Waals surface area contributed by atoms with E-state index >= 15 is 0 Å². The molecule has 2 N–H and O–H groups in total. The number of nitrogens with two attached hydrogens (primary N) is 1. The third-order valence-electron chi connectivity index (χ3n) is 5.53. The minimum atomic E-state index is -0.566. The maximum absolute atomic E-state index is 12.9. The lowest BCUT2D eigenvalue weighted by Crippen LogP contribution is -2.38. The number of carbonyl (C=O) groups excluding carboxylic acids is 2. The molecule has 0 saturated heterocycles. The molecule has 2 aromatic rings. The fourth-order valence-corrected chi connectivity index (χ4v) is 4.06. The number of ether oxygens (including phenoxy) is 2. The number of rotatable bonds is 6. The predicted molar refractivity (Wildman–Crippen MR) is 105 cm³/mol. The summed E-state index contributed by atoms with van der Waals surface area (Å²) in [5.74, 6) is 0.631. The first kappa shape index (κ1) is 18.5. The van der Waals surface area contributed by atoms with E-state index in [2.05, 4.69) is 0 Å². The minimum absolute atomic E-state index is 0.126. The SMILES string of the molecule is COc1ccc([C@@H](CN)N2C(=O)c3ccccc3C2=O)cc1OC1CCCC1. The molecule has 6 nitrogen and oxygen atoms in total. The molecule has 0 aromatic heterocycles. The summed E-state index contributed by atoms with van der Waals surface area (Å²) in [6.45, 7) is 0.126. The van der Waals surface area contributed by atoms with Crippen molar-refractivity contribution in [1.29, 1.82) is 0 Å². The summed E-state index contributed by atoms with van der Waals surface area (Å²) >= 11 is 0. The van der Waals surface area contributed by atoms with Crippen molar-refractivity contribution in [3.8, 4) is 11.5 Å². The Labute approximate surface area is 164 Å². The molecular weight excluding hydrogens is 356 g/mol. The molecule has 1 heterocycles. The standard InChI is InChI=1S/C22H24N2O4/c1-27-19-11-10-14(12-20(19)28-15-6-2-3-7-15)18(13-23)24-21(25)16-8-4-5-9-17(16)22(24)26/h4-5,8-12,15,18H,2-3,6-7,13,23H2,1H3/t18-/m1/s1. The van der Waals surface area contributed by atoms with Gasteiger partial charge in [0.25, 0.3) is 11.8 Å². The number of hydrogen-bond acceptors (Lipinski definition) is 5. The van der Waals surface area contributed by atoms with E-state index in [-0.39, 0.29) is 24.5 Å². The Morgan fingerprint density at radius 1 is 1.04 bits per heavy atom. The molecule has 0 unspecified atom stereocenters. The molecule has 0 spiro atoms. The predicted octanol–water partition coefficient (Wildman–Crippen LogP) is 3.31. The average Bonchev–Trinajstić information content (AvgIpc) is 3.31. The van der Waals surface area contributed by atoms with E-state index < -0.39 is 6.04 Å². The van der Waals surface area contributed by atoms with Gasteiger partial charge in [0.2, 0.25) is 0 Å². The van der Waals surface area contributed by atoms with Gasteiger partial charge in [0.15, 0.2) is 11.5 Å². The van der Waals surface area contributed by atoms with Crippen LogP contribution in [0.2, 0.25) is 0 Å². The molecule has 0 bridgehead atoms. The quantitative estimate of drug-likeness (QED) is 0.778. The Kier molecular flexibility index (Phi) is 5.05. The van der Waals surface area contributed by atoms with Crippen molar-refractivity contribution in [2.75, 3.05) is 13.7 Å². The summed E-state index contributed by atoms with van der Waals surface area (Å²) in [5, 5.41) is 0. The van der Waals surface area contributed by atoms with Crippen LogP contribution in [0.5, 0.6) is 11.5 Å². The van der Waals surface area contributed by atoms with Gasteiger partial charge in [-0.25, -0.2) is 0 Å². The molecule has 1 fully saturated rings. The lowest BCUT2D eigenvalue weighted by molar-refractivity contribution is 0.0586. The van der Waals surface area contributed by atoms with Gasteiger partial charge in [-0.05, 0) is 55.5 Å². The van der Waals surface area contributed by atoms with Crippen molar-refractivity contribution >= 4 is 11.8 Å². The summed E-state index contributed by atoms with van der Waals surface area (Å²) in [5.41, 5.74) is 7.60. The number of nitrogens with zero attached hydrogens (tertiary/aromatic N) is 1. The molecule has 4 rings (SSSR count). The smallest absolute Gasteiger partial charge is 0.262 e. The third-order valence-corrected chi connectivity index (χ3v) is 5.53. The van der Waals surface area contributed by atoms with Crippen LogP contribution in [-0.2, 0) is 0 Å². The van der Waals surface area contributed by atoms with Crippen LogP contribution in [0.1, 0.15) is 58.0 Å². The van der Waals surface area contributed by atoms with Crippen molar-refractivity contribution in [2.24, 2.45) is 5.73 Å². The first-order chi connectivity index (χ1) is 13.6. The molecule has 146 valence electrons. The van der Waals surface area contributed by atoms with E-state index in [1.54, 1.807) is 37.4 Å².